The molecular formula is C12H18ClN3O. The van der Waals surface area contributed by atoms with E-state index in [2.05, 4.69) is 29.5 Å². The molecule has 1 atom stereocenters. The van der Waals surface area contributed by atoms with Crippen LogP contribution in [0.15, 0.2) is 18.3 Å². The van der Waals surface area contributed by atoms with Crippen molar-refractivity contribution in [3.05, 3.63) is 18.3 Å². The second-order valence-corrected chi connectivity index (χ2v) is 4.92. The number of hydrogen-bond acceptors (Lipinski definition) is 3. The molecule has 0 saturated heterocycles. The monoisotopic (exact) mass is 255 g/mol. The van der Waals surface area contributed by atoms with Gasteiger partial charge in [0.2, 0.25) is 5.91 Å². The molecule has 1 heterocycles. The maximum Gasteiger partial charge on any atom is 0.228 e. The maximum atomic E-state index is 11.8. The molecule has 17 heavy (non-hydrogen) atoms. The molecule has 1 unspecified atom stereocenters. The van der Waals surface area contributed by atoms with Crippen LogP contribution >= 0.6 is 12.4 Å². The van der Waals surface area contributed by atoms with Gasteiger partial charge in [0, 0.05) is 13.0 Å². The summed E-state index contributed by atoms with van der Waals surface area (Å²) in [4.78, 5) is 15.9. The van der Waals surface area contributed by atoms with Crippen LogP contribution in [0.25, 0.3) is 0 Å². The van der Waals surface area contributed by atoms with Gasteiger partial charge in [-0.2, -0.15) is 0 Å². The molecule has 0 aromatic carbocycles. The topological polar surface area (TPSA) is 54.0 Å². The standard InChI is InChI=1S/C12H17N3O.ClH/c1-12(2)6-9(12)11(16)15-8-4-5-10(13-3)14-7-8;/h4-5,7,9H,6H2,1-3H3,(H,13,14)(H,15,16);1H. The van der Waals surface area contributed by atoms with E-state index in [9.17, 15) is 4.79 Å². The third-order valence-corrected chi connectivity index (χ3v) is 3.12. The van der Waals surface area contributed by atoms with Crippen molar-refractivity contribution in [2.24, 2.45) is 11.3 Å². The number of aromatic nitrogens is 1. The number of anilines is 2. The summed E-state index contributed by atoms with van der Waals surface area (Å²) in [5.41, 5.74) is 0.925. The fourth-order valence-electron chi connectivity index (χ4n) is 1.76. The van der Waals surface area contributed by atoms with Crippen LogP contribution in [0.1, 0.15) is 20.3 Å². The molecule has 1 aliphatic rings. The Labute approximate surface area is 108 Å². The first-order chi connectivity index (χ1) is 7.53. The third kappa shape index (κ3) is 3.09. The largest absolute Gasteiger partial charge is 0.373 e. The van der Waals surface area contributed by atoms with Gasteiger partial charge in [0.05, 0.1) is 11.9 Å². The SMILES string of the molecule is CNc1ccc(NC(=O)C2CC2(C)C)cn1.Cl. The minimum atomic E-state index is 0. The van der Waals surface area contributed by atoms with Crippen LogP contribution in [-0.4, -0.2) is 17.9 Å². The van der Waals surface area contributed by atoms with Crippen molar-refractivity contribution in [2.45, 2.75) is 20.3 Å². The van der Waals surface area contributed by atoms with Gasteiger partial charge in [-0.15, -0.1) is 12.4 Å². The summed E-state index contributed by atoms with van der Waals surface area (Å²) in [6, 6.07) is 3.69. The van der Waals surface area contributed by atoms with Crippen LogP contribution in [0.2, 0.25) is 0 Å². The number of rotatable bonds is 3. The molecule has 0 spiro atoms. The predicted molar refractivity (Wildman–Crippen MR) is 71.5 cm³/mol. The number of nitrogens with zero attached hydrogens (tertiary/aromatic N) is 1. The maximum absolute atomic E-state index is 11.8. The summed E-state index contributed by atoms with van der Waals surface area (Å²) in [5.74, 6) is 1.05. The van der Waals surface area contributed by atoms with Crippen molar-refractivity contribution in [3.63, 3.8) is 0 Å². The van der Waals surface area contributed by atoms with E-state index in [4.69, 9.17) is 0 Å². The number of amides is 1. The second-order valence-electron chi connectivity index (χ2n) is 4.92. The Morgan fingerprint density at radius 2 is 2.12 bits per heavy atom. The summed E-state index contributed by atoms with van der Waals surface area (Å²) < 4.78 is 0. The fraction of sp³-hybridized carbons (Fsp3) is 0.500. The average molecular weight is 256 g/mol. The fourth-order valence-corrected chi connectivity index (χ4v) is 1.76. The first-order valence-corrected chi connectivity index (χ1v) is 5.47. The highest BCUT2D eigenvalue weighted by Gasteiger charge is 2.50. The zero-order valence-corrected chi connectivity index (χ0v) is 11.1. The number of carbonyl (C=O) groups is 1. The van der Waals surface area contributed by atoms with Gasteiger partial charge in [0.1, 0.15) is 5.82 Å². The van der Waals surface area contributed by atoms with Gasteiger partial charge >= 0.3 is 0 Å². The van der Waals surface area contributed by atoms with Crippen LogP contribution in [0.3, 0.4) is 0 Å². The quantitative estimate of drug-likeness (QED) is 0.873. The lowest BCUT2D eigenvalue weighted by Crippen LogP contribution is -2.16. The van der Waals surface area contributed by atoms with Crippen LogP contribution in [-0.2, 0) is 4.79 Å². The van der Waals surface area contributed by atoms with E-state index in [1.54, 1.807) is 6.20 Å². The Hall–Kier alpha value is -1.29. The van der Waals surface area contributed by atoms with Gasteiger partial charge in [-0.1, -0.05) is 13.8 Å². The van der Waals surface area contributed by atoms with Crippen LogP contribution in [0.4, 0.5) is 11.5 Å². The molecule has 0 aliphatic heterocycles. The van der Waals surface area contributed by atoms with E-state index >= 15 is 0 Å². The minimum Gasteiger partial charge on any atom is -0.373 e. The highest BCUT2D eigenvalue weighted by Crippen LogP contribution is 2.51. The Morgan fingerprint density at radius 3 is 2.53 bits per heavy atom. The van der Waals surface area contributed by atoms with E-state index in [0.717, 1.165) is 17.9 Å². The van der Waals surface area contributed by atoms with Crippen molar-refractivity contribution in [1.29, 1.82) is 0 Å². The lowest BCUT2D eigenvalue weighted by atomic mass is 10.1. The summed E-state index contributed by atoms with van der Waals surface area (Å²) in [6.07, 6.45) is 2.64. The Bertz CT molecular complexity index is 403. The Morgan fingerprint density at radius 1 is 1.47 bits per heavy atom. The van der Waals surface area contributed by atoms with Crippen LogP contribution in [0.5, 0.6) is 0 Å². The zero-order valence-electron chi connectivity index (χ0n) is 10.3. The van der Waals surface area contributed by atoms with Crippen molar-refractivity contribution in [1.82, 2.24) is 4.98 Å². The Balaban J connectivity index is 0.00000144. The van der Waals surface area contributed by atoms with E-state index in [0.29, 0.717) is 0 Å². The second kappa shape index (κ2) is 4.92. The van der Waals surface area contributed by atoms with Gasteiger partial charge in [-0.25, -0.2) is 4.98 Å². The highest BCUT2D eigenvalue weighted by atomic mass is 35.5. The van der Waals surface area contributed by atoms with E-state index in [1.165, 1.54) is 0 Å². The zero-order chi connectivity index (χ0) is 11.8. The van der Waals surface area contributed by atoms with Gasteiger partial charge in [-0.3, -0.25) is 4.79 Å². The molecule has 1 amide bonds. The minimum absolute atomic E-state index is 0. The summed E-state index contributed by atoms with van der Waals surface area (Å²) in [7, 11) is 1.81. The first-order valence-electron chi connectivity index (χ1n) is 5.47. The molecular weight excluding hydrogens is 238 g/mol. The lowest BCUT2D eigenvalue weighted by molar-refractivity contribution is -0.118. The molecule has 0 radical (unpaired) electrons. The number of carbonyl (C=O) groups excluding carboxylic acids is 1. The summed E-state index contributed by atoms with van der Waals surface area (Å²) in [5, 5.41) is 5.81. The molecule has 0 bridgehead atoms. The number of pyridine rings is 1. The van der Waals surface area contributed by atoms with Crippen LogP contribution in [0, 0.1) is 11.3 Å². The molecule has 4 nitrogen and oxygen atoms in total. The number of hydrogen-bond donors (Lipinski definition) is 2. The normalized spacial score (nSPS) is 20.1. The molecule has 2 N–H and O–H groups in total. The van der Waals surface area contributed by atoms with E-state index < -0.39 is 0 Å². The van der Waals surface area contributed by atoms with Crippen molar-refractivity contribution in [2.75, 3.05) is 17.7 Å². The summed E-state index contributed by atoms with van der Waals surface area (Å²) >= 11 is 0. The highest BCUT2D eigenvalue weighted by molar-refractivity contribution is 5.94. The average Bonchev–Trinajstić information content (AvgIpc) is 2.89. The van der Waals surface area contributed by atoms with Gasteiger partial charge in [0.15, 0.2) is 0 Å². The molecule has 1 aromatic heterocycles. The van der Waals surface area contributed by atoms with E-state index in [-0.39, 0.29) is 29.6 Å². The molecule has 94 valence electrons. The van der Waals surface area contributed by atoms with Crippen molar-refractivity contribution >= 4 is 29.8 Å². The molecule has 1 saturated carbocycles. The number of halogens is 1. The lowest BCUT2D eigenvalue weighted by Gasteiger charge is -2.06. The molecule has 1 aromatic rings. The van der Waals surface area contributed by atoms with Gasteiger partial charge in [0.25, 0.3) is 0 Å². The van der Waals surface area contributed by atoms with Gasteiger partial charge < -0.3 is 10.6 Å². The molecule has 1 aliphatic carbocycles. The summed E-state index contributed by atoms with van der Waals surface area (Å²) in [6.45, 7) is 4.22. The van der Waals surface area contributed by atoms with Crippen LogP contribution < -0.4 is 10.6 Å². The van der Waals surface area contributed by atoms with Crippen molar-refractivity contribution < 1.29 is 4.79 Å². The molecule has 1 fully saturated rings. The first kappa shape index (κ1) is 13.8. The molecule has 5 heteroatoms. The smallest absolute Gasteiger partial charge is 0.228 e. The van der Waals surface area contributed by atoms with E-state index in [1.807, 2.05) is 19.2 Å². The predicted octanol–water partition coefficient (Wildman–Crippen LogP) is 2.53. The van der Waals surface area contributed by atoms with Gasteiger partial charge in [-0.05, 0) is 24.0 Å². The van der Waals surface area contributed by atoms with Crippen molar-refractivity contribution in [3.8, 4) is 0 Å². The Kier molecular flexibility index (Phi) is 3.98. The number of nitrogens with one attached hydrogen (secondary N) is 2. The molecule has 2 rings (SSSR count). The third-order valence-electron chi connectivity index (χ3n) is 3.12.